The van der Waals surface area contributed by atoms with Gasteiger partial charge in [0.25, 0.3) is 0 Å². The molecule has 4 nitrogen and oxygen atoms in total. The van der Waals surface area contributed by atoms with Crippen LogP contribution in [-0.2, 0) is 4.79 Å². The summed E-state index contributed by atoms with van der Waals surface area (Å²) in [7, 11) is 0. The van der Waals surface area contributed by atoms with Crippen LogP contribution in [0.2, 0.25) is 10.0 Å². The summed E-state index contributed by atoms with van der Waals surface area (Å²) in [5, 5.41) is 9.31. The zero-order valence-electron chi connectivity index (χ0n) is 12.5. The monoisotopic (exact) mass is 364 g/mol. The molecule has 0 radical (unpaired) electrons. The molecule has 0 aliphatic heterocycles. The van der Waals surface area contributed by atoms with Crippen LogP contribution in [0.15, 0.2) is 48.5 Å². The number of ether oxygens (including phenoxy) is 1. The number of allylic oxidation sites excluding steroid dienone is 1. The Hall–Kier alpha value is -2.30. The minimum atomic E-state index is -0.918. The van der Waals surface area contributed by atoms with Crippen LogP contribution in [0.1, 0.15) is 22.3 Å². The van der Waals surface area contributed by atoms with Gasteiger partial charge in [-0.3, -0.25) is 9.59 Å². The Morgan fingerprint density at radius 2 is 1.88 bits per heavy atom. The van der Waals surface area contributed by atoms with Crippen molar-refractivity contribution in [2.24, 2.45) is 0 Å². The van der Waals surface area contributed by atoms with Crippen molar-refractivity contribution in [3.63, 3.8) is 0 Å². The van der Waals surface area contributed by atoms with Crippen molar-refractivity contribution in [3.05, 3.63) is 69.7 Å². The van der Waals surface area contributed by atoms with Gasteiger partial charge < -0.3 is 9.84 Å². The highest BCUT2D eigenvalue weighted by Crippen LogP contribution is 2.23. The van der Waals surface area contributed by atoms with Gasteiger partial charge in [-0.15, -0.1) is 0 Å². The lowest BCUT2D eigenvalue weighted by Gasteiger charge is -2.05. The quantitative estimate of drug-likeness (QED) is 0.569. The smallest absolute Gasteiger partial charge is 0.306 e. The minimum Gasteiger partial charge on any atom is -0.493 e. The second-order valence-electron chi connectivity index (χ2n) is 4.89. The van der Waals surface area contributed by atoms with Gasteiger partial charge in [-0.2, -0.15) is 0 Å². The maximum Gasteiger partial charge on any atom is 0.306 e. The fourth-order valence-electron chi connectivity index (χ4n) is 1.88. The van der Waals surface area contributed by atoms with E-state index in [4.69, 9.17) is 33.0 Å². The summed E-state index contributed by atoms with van der Waals surface area (Å²) < 4.78 is 5.35. The third-order valence-corrected chi connectivity index (χ3v) is 3.81. The Labute approximate surface area is 149 Å². The predicted molar refractivity (Wildman–Crippen MR) is 94.0 cm³/mol. The number of halogens is 2. The number of carbonyl (C=O) groups excluding carboxylic acids is 1. The number of hydrogen-bond donors (Lipinski definition) is 1. The standard InChI is InChI=1S/C18H14Cl2O4/c19-15-6-5-13(11-16(15)20)17(21)7-4-12-2-1-3-14(10-12)24-9-8-18(22)23/h1-7,10-11H,8-9H2,(H,22,23). The average molecular weight is 365 g/mol. The molecule has 0 aromatic heterocycles. The second-order valence-corrected chi connectivity index (χ2v) is 5.71. The number of rotatable bonds is 7. The van der Waals surface area contributed by atoms with Crippen molar-refractivity contribution in [1.82, 2.24) is 0 Å². The topological polar surface area (TPSA) is 63.6 Å². The number of carboxylic acids is 1. The molecule has 1 N–H and O–H groups in total. The molecule has 0 saturated carbocycles. The van der Waals surface area contributed by atoms with Gasteiger partial charge >= 0.3 is 5.97 Å². The van der Waals surface area contributed by atoms with Crippen LogP contribution in [0, 0.1) is 0 Å². The SMILES string of the molecule is O=C(O)CCOc1cccc(C=CC(=O)c2ccc(Cl)c(Cl)c2)c1. The lowest BCUT2D eigenvalue weighted by atomic mass is 10.1. The zero-order valence-corrected chi connectivity index (χ0v) is 14.1. The van der Waals surface area contributed by atoms with Crippen molar-refractivity contribution < 1.29 is 19.4 Å². The normalized spacial score (nSPS) is 10.8. The van der Waals surface area contributed by atoms with Crippen LogP contribution in [0.4, 0.5) is 0 Å². The molecular weight excluding hydrogens is 351 g/mol. The van der Waals surface area contributed by atoms with E-state index in [1.54, 1.807) is 36.4 Å². The number of aliphatic carboxylic acids is 1. The molecule has 0 aliphatic carbocycles. The number of benzene rings is 2. The van der Waals surface area contributed by atoms with E-state index in [1.807, 2.05) is 6.07 Å². The first-order valence-electron chi connectivity index (χ1n) is 7.08. The van der Waals surface area contributed by atoms with Gasteiger partial charge in [0.05, 0.1) is 23.1 Å². The molecule has 6 heteroatoms. The molecule has 0 amide bonds. The lowest BCUT2D eigenvalue weighted by molar-refractivity contribution is -0.137. The average Bonchev–Trinajstić information content (AvgIpc) is 2.55. The van der Waals surface area contributed by atoms with Crippen molar-refractivity contribution in [2.75, 3.05) is 6.61 Å². The lowest BCUT2D eigenvalue weighted by Crippen LogP contribution is -2.04. The van der Waals surface area contributed by atoms with Crippen LogP contribution in [0.25, 0.3) is 6.08 Å². The molecule has 0 bridgehead atoms. The van der Waals surface area contributed by atoms with Crippen molar-refractivity contribution in [2.45, 2.75) is 6.42 Å². The summed E-state index contributed by atoms with van der Waals surface area (Å²) in [4.78, 5) is 22.6. The van der Waals surface area contributed by atoms with E-state index in [2.05, 4.69) is 0 Å². The van der Waals surface area contributed by atoms with Crippen LogP contribution in [0.5, 0.6) is 5.75 Å². The van der Waals surface area contributed by atoms with Crippen LogP contribution >= 0.6 is 23.2 Å². The van der Waals surface area contributed by atoms with Gasteiger partial charge in [0.2, 0.25) is 0 Å². The van der Waals surface area contributed by atoms with Crippen LogP contribution in [0.3, 0.4) is 0 Å². The van der Waals surface area contributed by atoms with E-state index in [0.29, 0.717) is 21.4 Å². The van der Waals surface area contributed by atoms with Crippen molar-refractivity contribution >= 4 is 41.0 Å². The summed E-state index contributed by atoms with van der Waals surface area (Å²) in [6, 6.07) is 11.7. The number of ketones is 1. The Morgan fingerprint density at radius 1 is 1.08 bits per heavy atom. The first-order valence-corrected chi connectivity index (χ1v) is 7.83. The molecule has 0 atom stereocenters. The number of carboxylic acid groups (broad SMARTS) is 1. The van der Waals surface area contributed by atoms with Gasteiger partial charge in [0.1, 0.15) is 5.75 Å². The molecule has 0 unspecified atom stereocenters. The van der Waals surface area contributed by atoms with Crippen LogP contribution < -0.4 is 4.74 Å². The van der Waals surface area contributed by atoms with E-state index >= 15 is 0 Å². The third kappa shape index (κ3) is 5.41. The molecule has 0 aliphatic rings. The number of hydrogen-bond acceptors (Lipinski definition) is 3. The fourth-order valence-corrected chi connectivity index (χ4v) is 2.18. The Balaban J connectivity index is 2.04. The molecule has 2 aromatic rings. The third-order valence-electron chi connectivity index (χ3n) is 3.07. The van der Waals surface area contributed by atoms with E-state index in [9.17, 15) is 9.59 Å². The molecule has 2 rings (SSSR count). The van der Waals surface area contributed by atoms with Crippen molar-refractivity contribution in [1.29, 1.82) is 0 Å². The first-order chi connectivity index (χ1) is 11.5. The van der Waals surface area contributed by atoms with Crippen molar-refractivity contribution in [3.8, 4) is 5.75 Å². The maximum absolute atomic E-state index is 12.1. The highest BCUT2D eigenvalue weighted by atomic mass is 35.5. The highest BCUT2D eigenvalue weighted by molar-refractivity contribution is 6.42. The van der Waals surface area contributed by atoms with Gasteiger partial charge in [0.15, 0.2) is 5.78 Å². The Bertz CT molecular complexity index is 784. The fraction of sp³-hybridized carbons (Fsp3) is 0.111. The minimum absolute atomic E-state index is 0.0735. The van der Waals surface area contributed by atoms with Gasteiger partial charge in [-0.1, -0.05) is 41.4 Å². The largest absolute Gasteiger partial charge is 0.493 e. The first kappa shape index (κ1) is 18.0. The van der Waals surface area contributed by atoms with Gasteiger partial charge in [-0.25, -0.2) is 0 Å². The molecule has 0 heterocycles. The molecule has 124 valence electrons. The molecule has 0 saturated heterocycles. The zero-order chi connectivity index (χ0) is 17.5. The summed E-state index contributed by atoms with van der Waals surface area (Å²) >= 11 is 11.7. The summed E-state index contributed by atoms with van der Waals surface area (Å²) in [5.41, 5.74) is 1.20. The molecule has 24 heavy (non-hydrogen) atoms. The van der Waals surface area contributed by atoms with Gasteiger partial charge in [-0.05, 0) is 42.0 Å². The molecule has 2 aromatic carbocycles. The summed E-state index contributed by atoms with van der Waals surface area (Å²) in [5.74, 6) is -0.579. The number of carbonyl (C=O) groups is 2. The molecule has 0 spiro atoms. The molecular formula is C18H14Cl2O4. The van der Waals surface area contributed by atoms with E-state index in [0.717, 1.165) is 5.56 Å². The van der Waals surface area contributed by atoms with Crippen LogP contribution in [-0.4, -0.2) is 23.5 Å². The summed E-state index contributed by atoms with van der Waals surface area (Å²) in [6.07, 6.45) is 3.00. The second kappa shape index (κ2) is 8.52. The molecule has 0 fully saturated rings. The summed E-state index contributed by atoms with van der Waals surface area (Å²) in [6.45, 7) is 0.0880. The maximum atomic E-state index is 12.1. The van der Waals surface area contributed by atoms with Gasteiger partial charge in [0, 0.05) is 5.56 Å². The highest BCUT2D eigenvalue weighted by Gasteiger charge is 2.05. The Kier molecular flexibility index (Phi) is 6.41. The van der Waals surface area contributed by atoms with E-state index in [-0.39, 0.29) is 18.8 Å². The van der Waals surface area contributed by atoms with E-state index in [1.165, 1.54) is 12.1 Å². The van der Waals surface area contributed by atoms with E-state index < -0.39 is 5.97 Å². The predicted octanol–water partition coefficient (Wildman–Crippen LogP) is 4.74. The Morgan fingerprint density at radius 3 is 2.58 bits per heavy atom.